The second kappa shape index (κ2) is 6.04. The molecule has 0 saturated heterocycles. The van der Waals surface area contributed by atoms with E-state index >= 15 is 0 Å². The molecule has 23 heavy (non-hydrogen) atoms. The topological polar surface area (TPSA) is 74.8 Å². The van der Waals surface area contributed by atoms with Gasteiger partial charge in [-0.25, -0.2) is 0 Å². The highest BCUT2D eigenvalue weighted by Gasteiger charge is 2.09. The van der Waals surface area contributed by atoms with Gasteiger partial charge >= 0.3 is 0 Å². The van der Waals surface area contributed by atoms with Crippen LogP contribution in [0.5, 0.6) is 0 Å². The summed E-state index contributed by atoms with van der Waals surface area (Å²) in [6, 6.07) is 9.26. The summed E-state index contributed by atoms with van der Waals surface area (Å²) in [5, 5.41) is 3.72. The number of aryl methyl sites for hydroxylation is 2. The van der Waals surface area contributed by atoms with E-state index in [1.807, 2.05) is 32.0 Å². The van der Waals surface area contributed by atoms with E-state index in [9.17, 15) is 9.59 Å². The molecule has 0 atom stereocenters. The summed E-state index contributed by atoms with van der Waals surface area (Å²) < 4.78 is 0. The van der Waals surface area contributed by atoms with Crippen molar-refractivity contribution in [3.63, 3.8) is 0 Å². The quantitative estimate of drug-likeness (QED) is 0.780. The third kappa shape index (κ3) is 3.13. The van der Waals surface area contributed by atoms with Gasteiger partial charge in [-0.1, -0.05) is 11.6 Å². The Morgan fingerprint density at radius 2 is 2.09 bits per heavy atom. The maximum Gasteiger partial charge on any atom is 0.253 e. The van der Waals surface area contributed by atoms with Crippen LogP contribution >= 0.6 is 0 Å². The van der Waals surface area contributed by atoms with Crippen molar-refractivity contribution < 1.29 is 4.79 Å². The zero-order chi connectivity index (χ0) is 16.4. The average molecular weight is 307 g/mol. The fraction of sp³-hybridized carbons (Fsp3) is 0.167. The van der Waals surface area contributed by atoms with Crippen LogP contribution in [0.3, 0.4) is 0 Å². The van der Waals surface area contributed by atoms with Gasteiger partial charge in [0.2, 0.25) is 0 Å². The molecule has 0 spiro atoms. The average Bonchev–Trinajstić information content (AvgIpc) is 2.54. The standard InChI is InChI=1S/C18H17N3O2/c1-11-6-12(2)16-14(7-11)8-15(18(23)21-16)10-20-17(22)13-4-3-5-19-9-13/h3-9H,10H2,1-2H3,(H,20,22)(H,21,23). The number of aromatic amines is 1. The van der Waals surface area contributed by atoms with Crippen LogP contribution in [0.4, 0.5) is 0 Å². The van der Waals surface area contributed by atoms with Crippen molar-refractivity contribution in [1.29, 1.82) is 0 Å². The first-order chi connectivity index (χ1) is 11.0. The van der Waals surface area contributed by atoms with E-state index < -0.39 is 0 Å². The third-order valence-electron chi connectivity index (χ3n) is 3.73. The Balaban J connectivity index is 1.87. The number of carbonyl (C=O) groups excluding carboxylic acids is 1. The number of benzene rings is 1. The largest absolute Gasteiger partial charge is 0.348 e. The van der Waals surface area contributed by atoms with Crippen LogP contribution in [0.1, 0.15) is 27.0 Å². The van der Waals surface area contributed by atoms with Crippen molar-refractivity contribution in [3.8, 4) is 0 Å². The Hall–Kier alpha value is -2.95. The third-order valence-corrected chi connectivity index (χ3v) is 3.73. The molecule has 0 fully saturated rings. The van der Waals surface area contributed by atoms with Crippen LogP contribution in [0.15, 0.2) is 47.5 Å². The van der Waals surface area contributed by atoms with Crippen molar-refractivity contribution in [2.75, 3.05) is 0 Å². The van der Waals surface area contributed by atoms with Gasteiger partial charge in [0.15, 0.2) is 0 Å². The summed E-state index contributed by atoms with van der Waals surface area (Å²) in [5.74, 6) is -0.252. The van der Waals surface area contributed by atoms with Crippen molar-refractivity contribution in [2.24, 2.45) is 0 Å². The molecule has 0 unspecified atom stereocenters. The first-order valence-corrected chi connectivity index (χ1v) is 7.36. The number of carbonyl (C=O) groups is 1. The molecule has 0 aliphatic carbocycles. The molecule has 116 valence electrons. The molecule has 5 heteroatoms. The van der Waals surface area contributed by atoms with Crippen molar-refractivity contribution in [3.05, 3.63) is 75.3 Å². The van der Waals surface area contributed by atoms with Crippen LogP contribution < -0.4 is 10.9 Å². The van der Waals surface area contributed by atoms with Gasteiger partial charge < -0.3 is 10.3 Å². The fourth-order valence-corrected chi connectivity index (χ4v) is 2.64. The molecule has 5 nitrogen and oxygen atoms in total. The number of fused-ring (bicyclic) bond motifs is 1. The number of rotatable bonds is 3. The zero-order valence-corrected chi connectivity index (χ0v) is 13.0. The maximum absolute atomic E-state index is 12.2. The lowest BCUT2D eigenvalue weighted by Gasteiger charge is -2.08. The summed E-state index contributed by atoms with van der Waals surface area (Å²) in [7, 11) is 0. The van der Waals surface area contributed by atoms with Gasteiger partial charge in [-0.3, -0.25) is 14.6 Å². The van der Waals surface area contributed by atoms with Crippen molar-refractivity contribution in [1.82, 2.24) is 15.3 Å². The molecule has 1 aromatic carbocycles. The van der Waals surface area contributed by atoms with E-state index in [4.69, 9.17) is 0 Å². The SMILES string of the molecule is Cc1cc(C)c2[nH]c(=O)c(CNC(=O)c3cccnc3)cc2c1. The van der Waals surface area contributed by atoms with Crippen molar-refractivity contribution >= 4 is 16.8 Å². The van der Waals surface area contributed by atoms with Gasteiger partial charge in [-0.05, 0) is 49.1 Å². The highest BCUT2D eigenvalue weighted by molar-refractivity contribution is 5.93. The van der Waals surface area contributed by atoms with Gasteiger partial charge in [0.05, 0.1) is 11.1 Å². The number of nitrogens with one attached hydrogen (secondary N) is 2. The number of aromatic nitrogens is 2. The minimum absolute atomic E-state index is 0.173. The van der Waals surface area contributed by atoms with Gasteiger partial charge in [0, 0.05) is 24.5 Å². The van der Waals surface area contributed by atoms with Crippen LogP contribution in [0.2, 0.25) is 0 Å². The fourth-order valence-electron chi connectivity index (χ4n) is 2.64. The molecule has 0 radical (unpaired) electrons. The van der Waals surface area contributed by atoms with Gasteiger partial charge in [0.1, 0.15) is 0 Å². The second-order valence-electron chi connectivity index (χ2n) is 5.59. The lowest BCUT2D eigenvalue weighted by molar-refractivity contribution is 0.0950. The first kappa shape index (κ1) is 15.0. The summed E-state index contributed by atoms with van der Waals surface area (Å²) in [6.45, 7) is 4.16. The number of amides is 1. The number of hydrogen-bond acceptors (Lipinski definition) is 3. The predicted octanol–water partition coefficient (Wildman–Crippen LogP) is 2.47. The lowest BCUT2D eigenvalue weighted by Crippen LogP contribution is -2.26. The molecule has 3 rings (SSSR count). The van der Waals surface area contributed by atoms with Gasteiger partial charge in [-0.15, -0.1) is 0 Å². The monoisotopic (exact) mass is 307 g/mol. The van der Waals surface area contributed by atoms with E-state index in [1.165, 1.54) is 6.20 Å². The molecular weight excluding hydrogens is 290 g/mol. The second-order valence-corrected chi connectivity index (χ2v) is 5.59. The Morgan fingerprint density at radius 1 is 1.26 bits per heavy atom. The molecule has 2 heterocycles. The Bertz CT molecular complexity index is 930. The molecule has 0 saturated carbocycles. The Labute approximate surface area is 133 Å². The summed E-state index contributed by atoms with van der Waals surface area (Å²) >= 11 is 0. The molecule has 0 bridgehead atoms. The maximum atomic E-state index is 12.2. The first-order valence-electron chi connectivity index (χ1n) is 7.36. The Kier molecular flexibility index (Phi) is 3.93. The van der Waals surface area contributed by atoms with E-state index in [-0.39, 0.29) is 18.0 Å². The smallest absolute Gasteiger partial charge is 0.253 e. The molecule has 2 aromatic heterocycles. The van der Waals surface area contributed by atoms with Gasteiger partial charge in [-0.2, -0.15) is 0 Å². The molecule has 0 aliphatic heterocycles. The van der Waals surface area contributed by atoms with E-state index in [0.29, 0.717) is 11.1 Å². The molecule has 3 aromatic rings. The van der Waals surface area contributed by atoms with Gasteiger partial charge in [0.25, 0.3) is 11.5 Å². The van der Waals surface area contributed by atoms with E-state index in [1.54, 1.807) is 18.3 Å². The van der Waals surface area contributed by atoms with E-state index in [2.05, 4.69) is 15.3 Å². The van der Waals surface area contributed by atoms with Crippen molar-refractivity contribution in [2.45, 2.75) is 20.4 Å². The van der Waals surface area contributed by atoms with E-state index in [0.717, 1.165) is 22.0 Å². The lowest BCUT2D eigenvalue weighted by atomic mass is 10.1. The summed E-state index contributed by atoms with van der Waals surface area (Å²) in [5.41, 5.74) is 3.81. The minimum Gasteiger partial charge on any atom is -0.348 e. The van der Waals surface area contributed by atoms with Crippen LogP contribution in [0, 0.1) is 13.8 Å². The number of nitrogens with zero attached hydrogens (tertiary/aromatic N) is 1. The molecule has 2 N–H and O–H groups in total. The minimum atomic E-state index is -0.252. The summed E-state index contributed by atoms with van der Waals surface area (Å²) in [6.07, 6.45) is 3.10. The zero-order valence-electron chi connectivity index (χ0n) is 13.0. The van der Waals surface area contributed by atoms with Crippen LogP contribution in [-0.2, 0) is 6.54 Å². The highest BCUT2D eigenvalue weighted by Crippen LogP contribution is 2.17. The number of pyridine rings is 2. The Morgan fingerprint density at radius 3 is 2.83 bits per heavy atom. The molecular formula is C18H17N3O2. The highest BCUT2D eigenvalue weighted by atomic mass is 16.1. The predicted molar refractivity (Wildman–Crippen MR) is 89.4 cm³/mol. The molecule has 0 aliphatic rings. The molecule has 1 amide bonds. The summed E-state index contributed by atoms with van der Waals surface area (Å²) in [4.78, 5) is 31.0. The van der Waals surface area contributed by atoms with Crippen LogP contribution in [-0.4, -0.2) is 15.9 Å². The number of H-pyrrole nitrogens is 1. The number of hydrogen-bond donors (Lipinski definition) is 2. The normalized spacial score (nSPS) is 10.7. The van der Waals surface area contributed by atoms with Crippen LogP contribution in [0.25, 0.3) is 10.9 Å².